The fourth-order valence-corrected chi connectivity index (χ4v) is 1.45. The molecule has 0 bridgehead atoms. The third kappa shape index (κ3) is 3.20. The highest BCUT2D eigenvalue weighted by atomic mass is 16.1. The molecule has 1 aliphatic rings. The van der Waals surface area contributed by atoms with Crippen LogP contribution in [0.2, 0.25) is 0 Å². The van der Waals surface area contributed by atoms with Crippen LogP contribution < -0.4 is 16.4 Å². The molecule has 0 aliphatic heterocycles. The summed E-state index contributed by atoms with van der Waals surface area (Å²) in [5, 5.41) is 6.61. The van der Waals surface area contributed by atoms with E-state index in [0.29, 0.717) is 5.69 Å². The molecule has 2 rings (SSSR count). The number of nitrogens with zero attached hydrogens (tertiary/aromatic N) is 1. The van der Waals surface area contributed by atoms with Gasteiger partial charge in [-0.15, -0.1) is 0 Å². The normalized spacial score (nSPS) is 14.8. The molecule has 0 aromatic carbocycles. The van der Waals surface area contributed by atoms with Gasteiger partial charge in [0.1, 0.15) is 5.69 Å². The van der Waals surface area contributed by atoms with Crippen molar-refractivity contribution in [3.63, 3.8) is 0 Å². The van der Waals surface area contributed by atoms with E-state index in [9.17, 15) is 4.79 Å². The van der Waals surface area contributed by atoms with Gasteiger partial charge in [-0.2, -0.15) is 0 Å². The molecule has 1 heterocycles. The predicted octanol–water partition coefficient (Wildman–Crippen LogP) is 0.344. The minimum atomic E-state index is -0.500. The Kier molecular flexibility index (Phi) is 3.36. The van der Waals surface area contributed by atoms with Gasteiger partial charge in [0, 0.05) is 31.0 Å². The number of hydrogen-bond donors (Lipinski definition) is 3. The Morgan fingerprint density at radius 2 is 2.31 bits per heavy atom. The van der Waals surface area contributed by atoms with Crippen molar-refractivity contribution in [3.05, 3.63) is 24.0 Å². The molecular weight excluding hydrogens is 204 g/mol. The van der Waals surface area contributed by atoms with E-state index in [4.69, 9.17) is 5.73 Å². The highest BCUT2D eigenvalue weighted by Crippen LogP contribution is 2.17. The number of pyridine rings is 1. The van der Waals surface area contributed by atoms with E-state index in [1.54, 1.807) is 12.3 Å². The van der Waals surface area contributed by atoms with E-state index >= 15 is 0 Å². The monoisotopic (exact) mass is 220 g/mol. The smallest absolute Gasteiger partial charge is 0.267 e. The first kappa shape index (κ1) is 10.9. The number of rotatable bonds is 6. The summed E-state index contributed by atoms with van der Waals surface area (Å²) in [5.74, 6) is -0.500. The Labute approximate surface area is 94.4 Å². The topological polar surface area (TPSA) is 80.0 Å². The van der Waals surface area contributed by atoms with Crippen LogP contribution in [-0.2, 0) is 0 Å². The molecule has 86 valence electrons. The van der Waals surface area contributed by atoms with Gasteiger partial charge >= 0.3 is 0 Å². The highest BCUT2D eigenvalue weighted by molar-refractivity contribution is 5.91. The van der Waals surface area contributed by atoms with Crippen LogP contribution in [0.1, 0.15) is 23.3 Å². The molecule has 1 aliphatic carbocycles. The number of aromatic nitrogens is 1. The van der Waals surface area contributed by atoms with Crippen LogP contribution in [0.4, 0.5) is 5.69 Å². The van der Waals surface area contributed by atoms with Crippen molar-refractivity contribution in [2.75, 3.05) is 18.4 Å². The third-order valence-corrected chi connectivity index (χ3v) is 2.48. The van der Waals surface area contributed by atoms with E-state index in [2.05, 4.69) is 15.6 Å². The van der Waals surface area contributed by atoms with Gasteiger partial charge in [0.05, 0.1) is 0 Å². The standard InChI is InChI=1S/C11H16N4O/c12-11(16)10-7-9(3-4-15-10)14-6-5-13-8-1-2-8/h3-4,7-8,13H,1-2,5-6H2,(H2,12,16)(H,14,15). The van der Waals surface area contributed by atoms with Crippen molar-refractivity contribution in [2.24, 2.45) is 5.73 Å². The van der Waals surface area contributed by atoms with Crippen molar-refractivity contribution in [1.29, 1.82) is 0 Å². The maximum atomic E-state index is 10.9. The van der Waals surface area contributed by atoms with E-state index in [1.807, 2.05) is 6.07 Å². The third-order valence-electron chi connectivity index (χ3n) is 2.48. The molecule has 1 aromatic heterocycles. The summed E-state index contributed by atoms with van der Waals surface area (Å²) in [4.78, 5) is 14.8. The van der Waals surface area contributed by atoms with Crippen molar-refractivity contribution in [2.45, 2.75) is 18.9 Å². The van der Waals surface area contributed by atoms with Crippen molar-refractivity contribution in [3.8, 4) is 0 Å². The fourth-order valence-electron chi connectivity index (χ4n) is 1.45. The molecule has 1 saturated carbocycles. The van der Waals surface area contributed by atoms with Crippen LogP contribution in [0.15, 0.2) is 18.3 Å². The second kappa shape index (κ2) is 4.94. The van der Waals surface area contributed by atoms with E-state index in [1.165, 1.54) is 12.8 Å². The minimum absolute atomic E-state index is 0.292. The molecule has 1 amide bonds. The lowest BCUT2D eigenvalue weighted by Gasteiger charge is -2.07. The van der Waals surface area contributed by atoms with Gasteiger partial charge in [0.15, 0.2) is 0 Å². The zero-order chi connectivity index (χ0) is 11.4. The average Bonchev–Trinajstić information content (AvgIpc) is 3.09. The number of carbonyl (C=O) groups excluding carboxylic acids is 1. The van der Waals surface area contributed by atoms with Crippen LogP contribution in [0, 0.1) is 0 Å². The Morgan fingerprint density at radius 1 is 1.50 bits per heavy atom. The van der Waals surface area contributed by atoms with Crippen LogP contribution in [0.25, 0.3) is 0 Å². The summed E-state index contributed by atoms with van der Waals surface area (Å²) >= 11 is 0. The molecule has 5 heteroatoms. The quantitative estimate of drug-likeness (QED) is 0.604. The van der Waals surface area contributed by atoms with E-state index in [-0.39, 0.29) is 0 Å². The number of primary amides is 1. The summed E-state index contributed by atoms with van der Waals surface area (Å²) < 4.78 is 0. The molecule has 0 unspecified atom stereocenters. The summed E-state index contributed by atoms with van der Waals surface area (Å²) in [5.41, 5.74) is 6.31. The Hall–Kier alpha value is -1.62. The Balaban J connectivity index is 1.78. The molecular formula is C11H16N4O. The maximum absolute atomic E-state index is 10.9. The van der Waals surface area contributed by atoms with Gasteiger partial charge in [0.2, 0.25) is 0 Å². The second-order valence-corrected chi connectivity index (χ2v) is 3.95. The van der Waals surface area contributed by atoms with Crippen LogP contribution in [-0.4, -0.2) is 30.0 Å². The van der Waals surface area contributed by atoms with Crippen molar-refractivity contribution < 1.29 is 4.79 Å². The lowest BCUT2D eigenvalue weighted by atomic mass is 10.3. The Morgan fingerprint density at radius 3 is 3.00 bits per heavy atom. The first-order chi connectivity index (χ1) is 7.75. The first-order valence-electron chi connectivity index (χ1n) is 5.49. The van der Waals surface area contributed by atoms with Crippen molar-refractivity contribution in [1.82, 2.24) is 10.3 Å². The lowest BCUT2D eigenvalue weighted by molar-refractivity contribution is 0.0995. The molecule has 1 aromatic rings. The number of hydrogen-bond acceptors (Lipinski definition) is 4. The van der Waals surface area contributed by atoms with Gasteiger partial charge in [-0.25, -0.2) is 0 Å². The zero-order valence-electron chi connectivity index (χ0n) is 9.07. The molecule has 0 atom stereocenters. The van der Waals surface area contributed by atoms with Gasteiger partial charge in [0.25, 0.3) is 5.91 Å². The maximum Gasteiger partial charge on any atom is 0.267 e. The van der Waals surface area contributed by atoms with Gasteiger partial charge < -0.3 is 16.4 Å². The molecule has 16 heavy (non-hydrogen) atoms. The molecule has 0 saturated heterocycles. The number of nitrogens with two attached hydrogens (primary N) is 1. The van der Waals surface area contributed by atoms with Crippen LogP contribution in [0.3, 0.4) is 0 Å². The molecule has 5 nitrogen and oxygen atoms in total. The fraction of sp³-hybridized carbons (Fsp3) is 0.455. The van der Waals surface area contributed by atoms with Crippen LogP contribution >= 0.6 is 0 Å². The second-order valence-electron chi connectivity index (χ2n) is 3.95. The number of anilines is 1. The minimum Gasteiger partial charge on any atom is -0.384 e. The van der Waals surface area contributed by atoms with Crippen LogP contribution in [0.5, 0.6) is 0 Å². The first-order valence-corrected chi connectivity index (χ1v) is 5.49. The molecule has 1 fully saturated rings. The van der Waals surface area contributed by atoms with E-state index < -0.39 is 5.91 Å². The molecule has 0 radical (unpaired) electrons. The Bertz CT molecular complexity index is 376. The summed E-state index contributed by atoms with van der Waals surface area (Å²) in [6.07, 6.45) is 4.17. The number of amides is 1. The predicted molar refractivity (Wildman–Crippen MR) is 62.3 cm³/mol. The molecule has 0 spiro atoms. The van der Waals surface area contributed by atoms with Gasteiger partial charge in [-0.1, -0.05) is 0 Å². The van der Waals surface area contributed by atoms with Crippen molar-refractivity contribution >= 4 is 11.6 Å². The van der Waals surface area contributed by atoms with E-state index in [0.717, 1.165) is 24.8 Å². The zero-order valence-corrected chi connectivity index (χ0v) is 9.07. The molecule has 4 N–H and O–H groups in total. The summed E-state index contributed by atoms with van der Waals surface area (Å²) in [7, 11) is 0. The highest BCUT2D eigenvalue weighted by Gasteiger charge is 2.19. The average molecular weight is 220 g/mol. The number of carbonyl (C=O) groups is 1. The van der Waals surface area contributed by atoms with Gasteiger partial charge in [-0.3, -0.25) is 9.78 Å². The summed E-state index contributed by atoms with van der Waals surface area (Å²) in [6.45, 7) is 1.76. The largest absolute Gasteiger partial charge is 0.384 e. The summed E-state index contributed by atoms with van der Waals surface area (Å²) in [6, 6.07) is 4.21. The van der Waals surface area contributed by atoms with Gasteiger partial charge in [-0.05, 0) is 25.0 Å². The number of nitrogens with one attached hydrogen (secondary N) is 2. The SMILES string of the molecule is NC(=O)c1cc(NCCNC2CC2)ccn1. The lowest BCUT2D eigenvalue weighted by Crippen LogP contribution is -2.24.